The molecular formula is C26H28N4O7S. The van der Waals surface area contributed by atoms with Crippen LogP contribution in [-0.4, -0.2) is 68.5 Å². The molecule has 1 unspecified atom stereocenters. The number of thioether (sulfide) groups is 1. The number of carbonyl (C=O) groups is 5. The number of fused-ring (bicyclic) bond motifs is 1. The molecule has 2 fully saturated rings. The fourth-order valence-electron chi connectivity index (χ4n) is 4.47. The van der Waals surface area contributed by atoms with E-state index in [4.69, 9.17) is 4.74 Å². The molecule has 2 aliphatic rings. The third-order valence-electron chi connectivity index (χ3n) is 6.28. The van der Waals surface area contributed by atoms with E-state index < -0.39 is 64.6 Å². The molecule has 2 aliphatic heterocycles. The molecule has 0 aromatic heterocycles. The van der Waals surface area contributed by atoms with Crippen LogP contribution in [0.3, 0.4) is 0 Å². The van der Waals surface area contributed by atoms with Gasteiger partial charge in [-0.2, -0.15) is 0 Å². The average molecular weight is 541 g/mol. The molecule has 2 aromatic rings. The summed E-state index contributed by atoms with van der Waals surface area (Å²) in [6.07, 6.45) is -0.793. The van der Waals surface area contributed by atoms with Crippen LogP contribution in [0.1, 0.15) is 31.0 Å². The molecule has 4 rings (SSSR count). The van der Waals surface area contributed by atoms with E-state index in [2.05, 4.69) is 16.0 Å². The van der Waals surface area contributed by atoms with Crippen molar-refractivity contribution in [3.63, 3.8) is 0 Å². The zero-order valence-electron chi connectivity index (χ0n) is 20.7. The largest absolute Gasteiger partial charge is 0.480 e. The van der Waals surface area contributed by atoms with Crippen LogP contribution in [-0.2, 0) is 30.5 Å². The van der Waals surface area contributed by atoms with Gasteiger partial charge in [0.15, 0.2) is 0 Å². The molecule has 200 valence electrons. The molecule has 0 saturated carbocycles. The Morgan fingerprint density at radius 1 is 1.05 bits per heavy atom. The van der Waals surface area contributed by atoms with Crippen LogP contribution < -0.4 is 16.0 Å². The van der Waals surface area contributed by atoms with Gasteiger partial charge in [0.1, 0.15) is 36.7 Å². The van der Waals surface area contributed by atoms with E-state index in [1.165, 1.54) is 16.7 Å². The summed E-state index contributed by atoms with van der Waals surface area (Å²) in [5.41, 5.74) is 1.26. The van der Waals surface area contributed by atoms with Crippen LogP contribution in [0.5, 0.6) is 0 Å². The number of benzene rings is 2. The van der Waals surface area contributed by atoms with Gasteiger partial charge < -0.3 is 30.7 Å². The SMILES string of the molecule is CC1(C)S[C@@H]2[C@H](NC(=O)C(NC(=O)CNC(=O)OCc3ccccc3)c3ccccc3)C(=O)N2[C@H]1C(=O)O. The Hall–Kier alpha value is -4.06. The van der Waals surface area contributed by atoms with Gasteiger partial charge in [-0.05, 0) is 25.0 Å². The molecular weight excluding hydrogens is 512 g/mol. The smallest absolute Gasteiger partial charge is 0.407 e. The second kappa shape index (κ2) is 11.1. The minimum atomic E-state index is -1.15. The number of nitrogens with one attached hydrogen (secondary N) is 3. The highest BCUT2D eigenvalue weighted by Gasteiger charge is 2.64. The number of carboxylic acids is 1. The van der Waals surface area contributed by atoms with Crippen molar-refractivity contribution in [1.29, 1.82) is 0 Å². The number of aliphatic carboxylic acids is 1. The van der Waals surface area contributed by atoms with Crippen LogP contribution in [0.15, 0.2) is 60.7 Å². The quantitative estimate of drug-likeness (QED) is 0.348. The third-order valence-corrected chi connectivity index (χ3v) is 7.85. The van der Waals surface area contributed by atoms with E-state index >= 15 is 0 Å². The van der Waals surface area contributed by atoms with Crippen LogP contribution in [0.2, 0.25) is 0 Å². The number of carbonyl (C=O) groups excluding carboxylic acids is 4. The minimum absolute atomic E-state index is 0.0362. The van der Waals surface area contributed by atoms with Gasteiger partial charge in [0.2, 0.25) is 17.7 Å². The van der Waals surface area contributed by atoms with E-state index in [0.717, 1.165) is 5.56 Å². The second-order valence-electron chi connectivity index (χ2n) is 9.41. The minimum Gasteiger partial charge on any atom is -0.480 e. The highest BCUT2D eigenvalue weighted by molar-refractivity contribution is 8.01. The van der Waals surface area contributed by atoms with Crippen LogP contribution >= 0.6 is 11.8 Å². The van der Waals surface area contributed by atoms with Crippen molar-refractivity contribution in [3.8, 4) is 0 Å². The van der Waals surface area contributed by atoms with Crippen LogP contribution in [0.25, 0.3) is 0 Å². The molecule has 0 aliphatic carbocycles. The molecule has 12 heteroatoms. The normalized spacial score (nSPS) is 21.9. The lowest BCUT2D eigenvalue weighted by Gasteiger charge is -2.44. The predicted octanol–water partition coefficient (Wildman–Crippen LogP) is 1.40. The summed E-state index contributed by atoms with van der Waals surface area (Å²) in [4.78, 5) is 63.7. The van der Waals surface area contributed by atoms with E-state index in [1.807, 2.05) is 18.2 Å². The second-order valence-corrected chi connectivity index (χ2v) is 11.2. The molecule has 2 aromatic carbocycles. The van der Waals surface area contributed by atoms with Gasteiger partial charge in [-0.1, -0.05) is 60.7 Å². The summed E-state index contributed by atoms with van der Waals surface area (Å²) >= 11 is 1.30. The molecule has 4 atom stereocenters. The lowest BCUT2D eigenvalue weighted by Crippen LogP contribution is -2.71. The van der Waals surface area contributed by atoms with Crippen molar-refractivity contribution >= 4 is 41.5 Å². The summed E-state index contributed by atoms with van der Waals surface area (Å²) in [5.74, 6) is -2.87. The molecule has 4 amide bonds. The lowest BCUT2D eigenvalue weighted by atomic mass is 9.95. The van der Waals surface area contributed by atoms with Crippen LogP contribution in [0, 0.1) is 0 Å². The maximum absolute atomic E-state index is 13.3. The number of ether oxygens (including phenoxy) is 1. The Labute approximate surface area is 223 Å². The number of hydrogen-bond acceptors (Lipinski definition) is 7. The fraction of sp³-hybridized carbons (Fsp3) is 0.346. The van der Waals surface area contributed by atoms with E-state index in [9.17, 15) is 29.1 Å². The summed E-state index contributed by atoms with van der Waals surface area (Å²) in [5, 5.41) is 16.7. The standard InChI is InChI=1S/C26H28N4O7S/c1-26(2)20(24(34)35)30-22(33)19(23(30)38-26)29-21(32)18(16-11-7-4-8-12-16)28-17(31)13-27-25(36)37-14-15-9-5-3-6-10-15/h3-12,18-20,23H,13-14H2,1-2H3,(H,27,36)(H,28,31)(H,29,32)(H,34,35)/t18?,19-,20+,23-/m1/s1. The monoisotopic (exact) mass is 540 g/mol. The summed E-state index contributed by atoms with van der Waals surface area (Å²) < 4.78 is 4.35. The number of β-lactam (4-membered cyclic amide) rings is 1. The van der Waals surface area contributed by atoms with Crippen molar-refractivity contribution in [2.24, 2.45) is 0 Å². The molecule has 4 N–H and O–H groups in total. The Bertz CT molecular complexity index is 1220. The van der Waals surface area contributed by atoms with Gasteiger partial charge >= 0.3 is 12.1 Å². The first-order valence-corrected chi connectivity index (χ1v) is 12.8. The molecule has 11 nitrogen and oxygen atoms in total. The first-order chi connectivity index (χ1) is 18.1. The Morgan fingerprint density at radius 3 is 2.32 bits per heavy atom. The summed E-state index contributed by atoms with van der Waals surface area (Å²) in [7, 11) is 0. The van der Waals surface area contributed by atoms with E-state index in [0.29, 0.717) is 5.56 Å². The highest BCUT2D eigenvalue weighted by Crippen LogP contribution is 2.50. The maximum Gasteiger partial charge on any atom is 0.407 e. The zero-order chi connectivity index (χ0) is 27.4. The number of amides is 4. The first kappa shape index (κ1) is 27.0. The fourth-order valence-corrected chi connectivity index (χ4v) is 6.09. The topological polar surface area (TPSA) is 154 Å². The Kier molecular flexibility index (Phi) is 7.91. The third kappa shape index (κ3) is 5.75. The molecule has 2 heterocycles. The van der Waals surface area contributed by atoms with Gasteiger partial charge in [0.05, 0.1) is 0 Å². The van der Waals surface area contributed by atoms with Gasteiger partial charge in [-0.15, -0.1) is 11.8 Å². The van der Waals surface area contributed by atoms with E-state index in [-0.39, 0.29) is 6.61 Å². The van der Waals surface area contributed by atoms with Crippen molar-refractivity contribution < 1.29 is 33.8 Å². The number of nitrogens with zero attached hydrogens (tertiary/aromatic N) is 1. The molecule has 2 saturated heterocycles. The number of alkyl carbamates (subject to hydrolysis) is 1. The van der Waals surface area contributed by atoms with E-state index in [1.54, 1.807) is 56.3 Å². The average Bonchev–Trinajstić information content (AvgIpc) is 3.16. The molecule has 0 spiro atoms. The number of rotatable bonds is 9. The first-order valence-electron chi connectivity index (χ1n) is 11.9. The van der Waals surface area contributed by atoms with Crippen LogP contribution in [0.4, 0.5) is 4.79 Å². The number of carboxylic acid groups (broad SMARTS) is 1. The maximum atomic E-state index is 13.3. The number of hydrogen-bond donors (Lipinski definition) is 4. The van der Waals surface area contributed by atoms with Gasteiger partial charge in [0.25, 0.3) is 0 Å². The van der Waals surface area contributed by atoms with Crippen molar-refractivity contribution in [1.82, 2.24) is 20.9 Å². The Morgan fingerprint density at radius 2 is 1.68 bits per heavy atom. The van der Waals surface area contributed by atoms with Gasteiger partial charge in [0, 0.05) is 4.75 Å². The molecule has 0 bridgehead atoms. The summed E-state index contributed by atoms with van der Waals surface area (Å²) in [6.45, 7) is 3.08. The Balaban J connectivity index is 1.36. The summed E-state index contributed by atoms with van der Waals surface area (Å²) in [6, 6.07) is 14.4. The van der Waals surface area contributed by atoms with Crippen molar-refractivity contribution in [2.75, 3.05) is 6.54 Å². The van der Waals surface area contributed by atoms with Gasteiger partial charge in [-0.3, -0.25) is 14.4 Å². The molecule has 38 heavy (non-hydrogen) atoms. The zero-order valence-corrected chi connectivity index (χ0v) is 21.6. The molecule has 0 radical (unpaired) electrons. The van der Waals surface area contributed by atoms with Crippen molar-refractivity contribution in [3.05, 3.63) is 71.8 Å². The predicted molar refractivity (Wildman–Crippen MR) is 138 cm³/mol. The van der Waals surface area contributed by atoms with Gasteiger partial charge in [-0.25, -0.2) is 9.59 Å². The van der Waals surface area contributed by atoms with Crippen molar-refractivity contribution in [2.45, 2.75) is 48.7 Å². The highest BCUT2D eigenvalue weighted by atomic mass is 32.2. The lowest BCUT2D eigenvalue weighted by molar-refractivity contribution is -0.161.